The predicted molar refractivity (Wildman–Crippen MR) is 68.4 cm³/mol. The van der Waals surface area contributed by atoms with Crippen molar-refractivity contribution in [2.24, 2.45) is 0 Å². The lowest BCUT2D eigenvalue weighted by atomic mass is 9.97. The highest BCUT2D eigenvalue weighted by molar-refractivity contribution is 6.32. The molecule has 1 aromatic rings. The van der Waals surface area contributed by atoms with Crippen molar-refractivity contribution in [2.45, 2.75) is 44.4 Å². The second-order valence-corrected chi connectivity index (χ2v) is 5.16. The van der Waals surface area contributed by atoms with Crippen LogP contribution in [0.5, 0.6) is 5.75 Å². The van der Waals surface area contributed by atoms with E-state index in [1.54, 1.807) is 0 Å². The Balaban J connectivity index is 2.32. The number of rotatable bonds is 2. The van der Waals surface area contributed by atoms with Crippen molar-refractivity contribution in [3.05, 3.63) is 22.7 Å². The number of ether oxygens (including phenoxy) is 1. The Morgan fingerprint density at radius 3 is 2.37 bits per heavy atom. The van der Waals surface area contributed by atoms with Gasteiger partial charge in [-0.05, 0) is 37.8 Å². The molecule has 0 aromatic heterocycles. The summed E-state index contributed by atoms with van der Waals surface area (Å²) in [6.07, 6.45) is -0.159. The summed E-state index contributed by atoms with van der Waals surface area (Å²) < 4.78 is 44.4. The molecule has 2 N–H and O–H groups in total. The van der Waals surface area contributed by atoms with E-state index in [0.717, 1.165) is 38.2 Å². The molecular weight excluding hydrogens is 279 g/mol. The number of anilines is 1. The van der Waals surface area contributed by atoms with Crippen LogP contribution in [0.4, 0.5) is 18.9 Å². The van der Waals surface area contributed by atoms with Gasteiger partial charge in [0.05, 0.1) is 11.1 Å². The molecule has 0 spiro atoms. The summed E-state index contributed by atoms with van der Waals surface area (Å²) in [5, 5.41) is -0.0853. The van der Waals surface area contributed by atoms with Crippen LogP contribution in [0.15, 0.2) is 12.1 Å². The third-order valence-corrected chi connectivity index (χ3v) is 3.49. The van der Waals surface area contributed by atoms with Crippen molar-refractivity contribution in [3.8, 4) is 5.75 Å². The second kappa shape index (κ2) is 5.49. The summed E-state index contributed by atoms with van der Waals surface area (Å²) in [5.41, 5.74) is 4.50. The van der Waals surface area contributed by atoms with Crippen LogP contribution < -0.4 is 10.5 Å². The van der Waals surface area contributed by atoms with Crippen LogP contribution in [0.25, 0.3) is 0 Å². The Hall–Kier alpha value is -1.10. The van der Waals surface area contributed by atoms with E-state index in [1.165, 1.54) is 6.07 Å². The van der Waals surface area contributed by atoms with Crippen LogP contribution in [0.1, 0.15) is 37.7 Å². The molecule has 0 saturated heterocycles. The van der Waals surface area contributed by atoms with Crippen molar-refractivity contribution in [1.29, 1.82) is 0 Å². The van der Waals surface area contributed by atoms with Gasteiger partial charge in [-0.1, -0.05) is 18.0 Å². The van der Waals surface area contributed by atoms with Crippen LogP contribution >= 0.6 is 11.6 Å². The maximum absolute atomic E-state index is 13.0. The van der Waals surface area contributed by atoms with Gasteiger partial charge in [0.2, 0.25) is 0 Å². The average Bonchev–Trinajstić information content (AvgIpc) is 2.32. The third-order valence-electron chi connectivity index (χ3n) is 3.21. The van der Waals surface area contributed by atoms with Crippen LogP contribution in [0.2, 0.25) is 5.02 Å². The van der Waals surface area contributed by atoms with Crippen molar-refractivity contribution >= 4 is 17.3 Å². The fourth-order valence-electron chi connectivity index (χ4n) is 2.29. The summed E-state index contributed by atoms with van der Waals surface area (Å²) in [6, 6.07) is 2.15. The van der Waals surface area contributed by atoms with E-state index in [2.05, 4.69) is 0 Å². The first-order chi connectivity index (χ1) is 8.88. The predicted octanol–water partition coefficient (Wildman–Crippen LogP) is 4.65. The summed E-state index contributed by atoms with van der Waals surface area (Å²) in [5.74, 6) is -0.296. The highest BCUT2D eigenvalue weighted by Crippen LogP contribution is 2.43. The van der Waals surface area contributed by atoms with E-state index in [4.69, 9.17) is 22.1 Å². The molecule has 1 aromatic carbocycles. The minimum atomic E-state index is -4.52. The fraction of sp³-hybridized carbons (Fsp3) is 0.538. The molecule has 1 aliphatic carbocycles. The van der Waals surface area contributed by atoms with E-state index >= 15 is 0 Å². The van der Waals surface area contributed by atoms with Crippen molar-refractivity contribution in [1.82, 2.24) is 0 Å². The first-order valence-corrected chi connectivity index (χ1v) is 6.58. The normalized spacial score (nSPS) is 17.5. The standard InChI is InChI=1S/C13H15ClF3NO/c14-11-7-8(18)6-10(13(15,16)17)12(11)19-9-4-2-1-3-5-9/h6-7,9H,1-5,18H2. The zero-order valence-electron chi connectivity index (χ0n) is 10.3. The molecule has 0 atom stereocenters. The molecule has 19 heavy (non-hydrogen) atoms. The van der Waals surface area contributed by atoms with Gasteiger partial charge in [-0.2, -0.15) is 13.2 Å². The molecule has 0 radical (unpaired) electrons. The molecule has 0 unspecified atom stereocenters. The van der Waals surface area contributed by atoms with Crippen LogP contribution in [-0.4, -0.2) is 6.10 Å². The minimum absolute atomic E-state index is 0.0201. The fourth-order valence-corrected chi connectivity index (χ4v) is 2.57. The Morgan fingerprint density at radius 1 is 1.16 bits per heavy atom. The van der Waals surface area contributed by atoms with Gasteiger partial charge >= 0.3 is 6.18 Å². The lowest BCUT2D eigenvalue weighted by molar-refractivity contribution is -0.139. The number of benzene rings is 1. The van der Waals surface area contributed by atoms with Crippen molar-refractivity contribution in [3.63, 3.8) is 0 Å². The molecule has 0 aliphatic heterocycles. The van der Waals surface area contributed by atoms with E-state index in [0.29, 0.717) is 0 Å². The van der Waals surface area contributed by atoms with E-state index < -0.39 is 11.7 Å². The lowest BCUT2D eigenvalue weighted by Crippen LogP contribution is -2.22. The number of alkyl halides is 3. The molecule has 0 heterocycles. The van der Waals surface area contributed by atoms with E-state index in [1.807, 2.05) is 0 Å². The maximum atomic E-state index is 13.0. The molecular formula is C13H15ClF3NO. The largest absolute Gasteiger partial charge is 0.488 e. The summed E-state index contributed by atoms with van der Waals surface area (Å²) in [6.45, 7) is 0. The van der Waals surface area contributed by atoms with Gasteiger partial charge < -0.3 is 10.5 Å². The number of hydrogen-bond acceptors (Lipinski definition) is 2. The monoisotopic (exact) mass is 293 g/mol. The smallest absolute Gasteiger partial charge is 0.420 e. The lowest BCUT2D eigenvalue weighted by Gasteiger charge is -2.25. The summed E-state index contributed by atoms with van der Waals surface area (Å²) >= 11 is 5.85. The van der Waals surface area contributed by atoms with Gasteiger partial charge in [0.25, 0.3) is 0 Å². The topological polar surface area (TPSA) is 35.2 Å². The van der Waals surface area contributed by atoms with Gasteiger partial charge in [0.1, 0.15) is 5.56 Å². The highest BCUT2D eigenvalue weighted by atomic mass is 35.5. The van der Waals surface area contributed by atoms with Crippen molar-refractivity contribution < 1.29 is 17.9 Å². The first-order valence-electron chi connectivity index (χ1n) is 6.21. The molecule has 2 rings (SSSR count). The van der Waals surface area contributed by atoms with Crippen molar-refractivity contribution in [2.75, 3.05) is 5.73 Å². The Bertz CT molecular complexity index is 456. The number of halogens is 4. The average molecular weight is 294 g/mol. The van der Waals surface area contributed by atoms with Gasteiger partial charge in [-0.15, -0.1) is 0 Å². The minimum Gasteiger partial charge on any atom is -0.488 e. The maximum Gasteiger partial charge on any atom is 0.420 e. The summed E-state index contributed by atoms with van der Waals surface area (Å²) in [7, 11) is 0. The zero-order chi connectivity index (χ0) is 14.0. The number of nitrogen functional groups attached to an aromatic ring is 1. The summed E-state index contributed by atoms with van der Waals surface area (Å²) in [4.78, 5) is 0. The zero-order valence-corrected chi connectivity index (χ0v) is 11.0. The van der Waals surface area contributed by atoms with Crippen LogP contribution in [0.3, 0.4) is 0 Å². The molecule has 0 bridgehead atoms. The Kier molecular flexibility index (Phi) is 4.13. The van der Waals surface area contributed by atoms with E-state index in [9.17, 15) is 13.2 Å². The van der Waals surface area contributed by atoms with Gasteiger partial charge in [-0.3, -0.25) is 0 Å². The molecule has 1 saturated carbocycles. The molecule has 1 aliphatic rings. The molecule has 0 amide bonds. The SMILES string of the molecule is Nc1cc(Cl)c(OC2CCCCC2)c(C(F)(F)F)c1. The molecule has 6 heteroatoms. The quantitative estimate of drug-likeness (QED) is 0.805. The van der Waals surface area contributed by atoms with E-state index in [-0.39, 0.29) is 22.6 Å². The van der Waals surface area contributed by atoms with Crippen LogP contribution in [0, 0.1) is 0 Å². The molecule has 2 nitrogen and oxygen atoms in total. The van der Waals surface area contributed by atoms with Gasteiger partial charge in [0, 0.05) is 5.69 Å². The first kappa shape index (κ1) is 14.3. The van der Waals surface area contributed by atoms with Gasteiger partial charge in [-0.25, -0.2) is 0 Å². The third kappa shape index (κ3) is 3.47. The number of nitrogens with two attached hydrogens (primary N) is 1. The van der Waals surface area contributed by atoms with Crippen LogP contribution in [-0.2, 0) is 6.18 Å². The second-order valence-electron chi connectivity index (χ2n) is 4.76. The van der Waals surface area contributed by atoms with Gasteiger partial charge in [0.15, 0.2) is 5.75 Å². The Labute approximate surface area is 114 Å². The molecule has 1 fully saturated rings. The number of hydrogen-bond donors (Lipinski definition) is 1. The molecule has 106 valence electrons. The highest BCUT2D eigenvalue weighted by Gasteiger charge is 2.36. The Morgan fingerprint density at radius 2 is 1.79 bits per heavy atom.